The Labute approximate surface area is 188 Å². The van der Waals surface area contributed by atoms with Gasteiger partial charge in [-0.3, -0.25) is 15.2 Å². The number of nitrogens with zero attached hydrogens (tertiary/aromatic N) is 1. The minimum Gasteiger partial charge on any atom is -0.480 e. The highest BCUT2D eigenvalue weighted by Gasteiger charge is 2.29. The van der Waals surface area contributed by atoms with Crippen molar-refractivity contribution < 1.29 is 29.0 Å². The van der Waals surface area contributed by atoms with Crippen LogP contribution in [-0.4, -0.2) is 59.6 Å². The van der Waals surface area contributed by atoms with E-state index >= 15 is 0 Å². The lowest BCUT2D eigenvalue weighted by Crippen LogP contribution is -2.43. The number of carbonyl (C=O) groups excluding carboxylic acids is 2. The van der Waals surface area contributed by atoms with Crippen molar-refractivity contribution in [1.29, 1.82) is 0 Å². The van der Waals surface area contributed by atoms with Crippen LogP contribution < -0.4 is 10.6 Å². The molecule has 2 aromatic carbocycles. The molecule has 0 fully saturated rings. The van der Waals surface area contributed by atoms with E-state index < -0.39 is 24.0 Å². The zero-order chi connectivity index (χ0) is 23.4. The maximum atomic E-state index is 12.3. The lowest BCUT2D eigenvalue weighted by atomic mass is 9.98. The number of aromatic nitrogens is 2. The number of hydrogen-bond acceptors (Lipinski definition) is 6. The summed E-state index contributed by atoms with van der Waals surface area (Å²) in [5.41, 5.74) is 4.41. The maximum Gasteiger partial charge on any atom is 0.412 e. The number of hydrogen-bond donors (Lipinski definition) is 4. The smallest absolute Gasteiger partial charge is 0.412 e. The summed E-state index contributed by atoms with van der Waals surface area (Å²) in [7, 11) is 1.33. The van der Waals surface area contributed by atoms with Crippen LogP contribution in [0.1, 0.15) is 27.5 Å². The number of anilines is 1. The molecule has 0 spiro atoms. The molecule has 4 rings (SSSR count). The Kier molecular flexibility index (Phi) is 6.36. The number of benzene rings is 2. The van der Waals surface area contributed by atoms with Crippen LogP contribution in [0.2, 0.25) is 0 Å². The molecule has 0 radical (unpaired) electrons. The minimum atomic E-state index is -1.23. The van der Waals surface area contributed by atoms with Gasteiger partial charge in [0, 0.05) is 19.1 Å². The van der Waals surface area contributed by atoms with Crippen molar-refractivity contribution in [1.82, 2.24) is 15.5 Å². The number of rotatable bonds is 8. The van der Waals surface area contributed by atoms with E-state index in [9.17, 15) is 14.4 Å². The third-order valence-corrected chi connectivity index (χ3v) is 5.33. The molecule has 4 N–H and O–H groups in total. The fourth-order valence-electron chi connectivity index (χ4n) is 3.82. The molecule has 0 aliphatic heterocycles. The van der Waals surface area contributed by atoms with E-state index in [-0.39, 0.29) is 30.6 Å². The summed E-state index contributed by atoms with van der Waals surface area (Å²) in [6, 6.07) is 16.1. The monoisotopic (exact) mass is 450 g/mol. The average Bonchev–Trinajstić information content (AvgIpc) is 3.40. The topological polar surface area (TPSA) is 143 Å². The van der Waals surface area contributed by atoms with Crippen molar-refractivity contribution in [3.05, 3.63) is 71.4 Å². The van der Waals surface area contributed by atoms with Gasteiger partial charge in [0.1, 0.15) is 12.3 Å². The van der Waals surface area contributed by atoms with Gasteiger partial charge in [-0.2, -0.15) is 5.10 Å². The van der Waals surface area contributed by atoms with Gasteiger partial charge in [-0.05, 0) is 22.3 Å². The van der Waals surface area contributed by atoms with Crippen LogP contribution in [0, 0.1) is 0 Å². The SMILES string of the molecule is COC[C@H](NC(=O)c1cc(NC(=O)OCC2c3ccccc3-c3ccccc32)n[nH]1)C(=O)O. The quantitative estimate of drug-likeness (QED) is 0.413. The molecule has 0 saturated heterocycles. The Bertz CT molecular complexity index is 1150. The second-order valence-corrected chi connectivity index (χ2v) is 7.44. The molecular formula is C23H22N4O6. The number of aromatic amines is 1. The van der Waals surface area contributed by atoms with Crippen LogP contribution in [-0.2, 0) is 14.3 Å². The standard InChI is InChI=1S/C23H22N4O6/c1-32-12-19(22(29)30)24-21(28)18-10-20(27-26-18)25-23(31)33-11-17-15-8-4-2-6-13(15)14-7-3-5-9-16(14)17/h2-10,17,19H,11-12H2,1H3,(H,24,28)(H,29,30)(H2,25,26,27,31)/t19-/m0/s1. The van der Waals surface area contributed by atoms with Crippen LogP contribution in [0.15, 0.2) is 54.6 Å². The average molecular weight is 450 g/mol. The Morgan fingerprint density at radius 3 is 2.33 bits per heavy atom. The Morgan fingerprint density at radius 1 is 1.09 bits per heavy atom. The summed E-state index contributed by atoms with van der Waals surface area (Å²) in [4.78, 5) is 35.7. The minimum absolute atomic E-state index is 0.0219. The number of fused-ring (bicyclic) bond motifs is 3. The first-order chi connectivity index (χ1) is 16.0. The number of nitrogens with one attached hydrogen (secondary N) is 3. The first kappa shape index (κ1) is 22.0. The molecule has 0 bridgehead atoms. The Balaban J connectivity index is 1.36. The molecule has 170 valence electrons. The molecule has 0 saturated carbocycles. The predicted molar refractivity (Wildman–Crippen MR) is 118 cm³/mol. The van der Waals surface area contributed by atoms with Gasteiger partial charge in [-0.1, -0.05) is 48.5 Å². The number of carboxylic acid groups (broad SMARTS) is 1. The molecule has 2 amide bonds. The van der Waals surface area contributed by atoms with Gasteiger partial charge in [0.25, 0.3) is 5.91 Å². The van der Waals surface area contributed by atoms with Gasteiger partial charge in [0.15, 0.2) is 11.9 Å². The van der Waals surface area contributed by atoms with Gasteiger partial charge in [-0.25, -0.2) is 9.59 Å². The largest absolute Gasteiger partial charge is 0.480 e. The molecule has 1 aliphatic carbocycles. The summed E-state index contributed by atoms with van der Waals surface area (Å²) in [5.74, 6) is -1.96. The highest BCUT2D eigenvalue weighted by Crippen LogP contribution is 2.44. The maximum absolute atomic E-state index is 12.3. The van der Waals surface area contributed by atoms with Crippen molar-refractivity contribution in [2.24, 2.45) is 0 Å². The van der Waals surface area contributed by atoms with Crippen molar-refractivity contribution in [2.45, 2.75) is 12.0 Å². The van der Waals surface area contributed by atoms with E-state index in [0.29, 0.717) is 0 Å². The zero-order valence-electron chi connectivity index (χ0n) is 17.7. The molecule has 1 aromatic heterocycles. The van der Waals surface area contributed by atoms with Crippen LogP contribution >= 0.6 is 0 Å². The first-order valence-corrected chi connectivity index (χ1v) is 10.2. The fourth-order valence-corrected chi connectivity index (χ4v) is 3.82. The lowest BCUT2D eigenvalue weighted by molar-refractivity contribution is -0.140. The number of aliphatic carboxylic acids is 1. The highest BCUT2D eigenvalue weighted by molar-refractivity contribution is 5.96. The Hall–Kier alpha value is -4.18. The van der Waals surface area contributed by atoms with Crippen molar-refractivity contribution in [3.8, 4) is 11.1 Å². The third kappa shape index (κ3) is 4.70. The second-order valence-electron chi connectivity index (χ2n) is 7.44. The van der Waals surface area contributed by atoms with Gasteiger partial charge >= 0.3 is 12.1 Å². The van der Waals surface area contributed by atoms with Crippen molar-refractivity contribution in [2.75, 3.05) is 25.6 Å². The first-order valence-electron chi connectivity index (χ1n) is 10.2. The van der Waals surface area contributed by atoms with E-state index in [4.69, 9.17) is 14.6 Å². The summed E-state index contributed by atoms with van der Waals surface area (Å²) in [6.07, 6.45) is -0.724. The molecule has 1 aliphatic rings. The molecule has 1 atom stereocenters. The number of carboxylic acids is 1. The van der Waals surface area contributed by atoms with E-state index in [1.807, 2.05) is 48.5 Å². The number of methoxy groups -OCH3 is 1. The molecule has 1 heterocycles. The van der Waals surface area contributed by atoms with Crippen LogP contribution in [0.5, 0.6) is 0 Å². The molecular weight excluding hydrogens is 428 g/mol. The number of carbonyl (C=O) groups is 3. The summed E-state index contributed by atoms with van der Waals surface area (Å²) < 4.78 is 10.2. The van der Waals surface area contributed by atoms with Gasteiger partial charge in [-0.15, -0.1) is 0 Å². The molecule has 3 aromatic rings. The van der Waals surface area contributed by atoms with Crippen LogP contribution in [0.4, 0.5) is 10.6 Å². The molecule has 33 heavy (non-hydrogen) atoms. The van der Waals surface area contributed by atoms with Crippen molar-refractivity contribution >= 4 is 23.8 Å². The summed E-state index contributed by atoms with van der Waals surface area (Å²) in [5, 5.41) is 20.2. The summed E-state index contributed by atoms with van der Waals surface area (Å²) >= 11 is 0. The molecule has 10 nitrogen and oxygen atoms in total. The zero-order valence-corrected chi connectivity index (χ0v) is 17.7. The molecule has 0 unspecified atom stereocenters. The number of ether oxygens (including phenoxy) is 2. The fraction of sp³-hybridized carbons (Fsp3) is 0.217. The highest BCUT2D eigenvalue weighted by atomic mass is 16.5. The van der Waals surface area contributed by atoms with Crippen molar-refractivity contribution in [3.63, 3.8) is 0 Å². The number of amides is 2. The third-order valence-electron chi connectivity index (χ3n) is 5.33. The molecule has 10 heteroatoms. The second kappa shape index (κ2) is 9.53. The summed E-state index contributed by atoms with van der Waals surface area (Å²) in [6.45, 7) is -0.0605. The van der Waals surface area contributed by atoms with Gasteiger partial charge in [0.05, 0.1) is 6.61 Å². The lowest BCUT2D eigenvalue weighted by Gasteiger charge is -2.14. The van der Waals surface area contributed by atoms with E-state index in [2.05, 4.69) is 20.8 Å². The van der Waals surface area contributed by atoms with Gasteiger partial charge < -0.3 is 19.9 Å². The van der Waals surface area contributed by atoms with E-state index in [0.717, 1.165) is 22.3 Å². The van der Waals surface area contributed by atoms with E-state index in [1.54, 1.807) is 0 Å². The van der Waals surface area contributed by atoms with E-state index in [1.165, 1.54) is 13.2 Å². The van der Waals surface area contributed by atoms with Crippen LogP contribution in [0.25, 0.3) is 11.1 Å². The van der Waals surface area contributed by atoms with Crippen LogP contribution in [0.3, 0.4) is 0 Å². The normalized spacial score (nSPS) is 13.0. The predicted octanol–water partition coefficient (Wildman–Crippen LogP) is 2.60. The van der Waals surface area contributed by atoms with Gasteiger partial charge in [0.2, 0.25) is 0 Å². The number of H-pyrrole nitrogens is 1. The Morgan fingerprint density at radius 2 is 1.73 bits per heavy atom.